The van der Waals surface area contributed by atoms with Gasteiger partial charge >= 0.3 is 0 Å². The molecule has 2 amide bonds. The van der Waals surface area contributed by atoms with Crippen molar-refractivity contribution in [2.75, 3.05) is 29.5 Å². The number of hydrogen-bond donors (Lipinski definition) is 3. The van der Waals surface area contributed by atoms with E-state index in [0.717, 1.165) is 42.2 Å². The minimum absolute atomic E-state index is 0.00401. The number of benzene rings is 1. The van der Waals surface area contributed by atoms with E-state index in [4.69, 9.17) is 0 Å². The Kier molecular flexibility index (Phi) is 3.93. The highest BCUT2D eigenvalue weighted by Crippen LogP contribution is 2.33. The van der Waals surface area contributed by atoms with Gasteiger partial charge in [0.25, 0.3) is 0 Å². The normalized spacial score (nSPS) is 19.1. The standard InChI is InChI=1S/C14H17N3O2S/c18-13-8-20-12-2-1-10(7-11(12)17-13)16-14(19)9-3-5-15-6-4-9/h1-2,7,9,15H,3-6,8H2,(H,16,19)(H,17,18). The number of thioether (sulfide) groups is 1. The molecule has 0 bridgehead atoms. The number of anilines is 2. The van der Waals surface area contributed by atoms with Crippen LogP contribution in [0, 0.1) is 5.92 Å². The molecule has 1 fully saturated rings. The molecule has 1 aromatic carbocycles. The summed E-state index contributed by atoms with van der Waals surface area (Å²) in [7, 11) is 0. The Morgan fingerprint density at radius 2 is 2.10 bits per heavy atom. The molecule has 1 aromatic rings. The van der Waals surface area contributed by atoms with Gasteiger partial charge < -0.3 is 16.0 Å². The van der Waals surface area contributed by atoms with Crippen LogP contribution in [-0.2, 0) is 9.59 Å². The van der Waals surface area contributed by atoms with Gasteiger partial charge in [0.15, 0.2) is 0 Å². The van der Waals surface area contributed by atoms with Gasteiger partial charge in [0, 0.05) is 16.5 Å². The van der Waals surface area contributed by atoms with Crippen molar-refractivity contribution >= 4 is 35.0 Å². The first-order valence-corrected chi connectivity index (χ1v) is 7.79. The molecule has 2 heterocycles. The van der Waals surface area contributed by atoms with Crippen LogP contribution in [0.3, 0.4) is 0 Å². The molecule has 0 aromatic heterocycles. The van der Waals surface area contributed by atoms with Crippen molar-refractivity contribution in [2.45, 2.75) is 17.7 Å². The van der Waals surface area contributed by atoms with Crippen LogP contribution in [0.5, 0.6) is 0 Å². The lowest BCUT2D eigenvalue weighted by Crippen LogP contribution is -2.34. The van der Waals surface area contributed by atoms with Crippen molar-refractivity contribution < 1.29 is 9.59 Å². The van der Waals surface area contributed by atoms with Crippen LogP contribution in [0.1, 0.15) is 12.8 Å². The Morgan fingerprint density at radius 3 is 2.90 bits per heavy atom. The smallest absolute Gasteiger partial charge is 0.234 e. The Bertz CT molecular complexity index is 541. The van der Waals surface area contributed by atoms with Gasteiger partial charge in [-0.2, -0.15) is 0 Å². The van der Waals surface area contributed by atoms with Crippen molar-refractivity contribution in [2.24, 2.45) is 5.92 Å². The van der Waals surface area contributed by atoms with E-state index in [1.165, 1.54) is 11.8 Å². The third-order valence-electron chi connectivity index (χ3n) is 3.59. The van der Waals surface area contributed by atoms with Crippen molar-refractivity contribution in [1.29, 1.82) is 0 Å². The minimum atomic E-state index is 0.00401. The molecule has 0 unspecified atom stereocenters. The van der Waals surface area contributed by atoms with Crippen LogP contribution in [0.25, 0.3) is 0 Å². The van der Waals surface area contributed by atoms with Crippen molar-refractivity contribution in [3.05, 3.63) is 18.2 Å². The molecule has 20 heavy (non-hydrogen) atoms. The summed E-state index contributed by atoms with van der Waals surface area (Å²) in [4.78, 5) is 24.6. The summed E-state index contributed by atoms with van der Waals surface area (Å²) in [6, 6.07) is 5.66. The van der Waals surface area contributed by atoms with E-state index in [9.17, 15) is 9.59 Å². The van der Waals surface area contributed by atoms with Gasteiger partial charge in [-0.15, -0.1) is 11.8 Å². The fourth-order valence-corrected chi connectivity index (χ4v) is 3.28. The summed E-state index contributed by atoms with van der Waals surface area (Å²) in [5.41, 5.74) is 1.53. The molecule has 3 N–H and O–H groups in total. The van der Waals surface area contributed by atoms with Gasteiger partial charge in [0.05, 0.1) is 11.4 Å². The number of nitrogens with one attached hydrogen (secondary N) is 3. The summed E-state index contributed by atoms with van der Waals surface area (Å²) in [6.07, 6.45) is 1.76. The van der Waals surface area contributed by atoms with E-state index in [-0.39, 0.29) is 17.7 Å². The zero-order valence-corrected chi connectivity index (χ0v) is 11.9. The van der Waals surface area contributed by atoms with E-state index in [2.05, 4.69) is 16.0 Å². The van der Waals surface area contributed by atoms with E-state index >= 15 is 0 Å². The minimum Gasteiger partial charge on any atom is -0.326 e. The van der Waals surface area contributed by atoms with Gasteiger partial charge in [-0.05, 0) is 44.1 Å². The lowest BCUT2D eigenvalue weighted by Gasteiger charge is -2.22. The van der Waals surface area contributed by atoms with Crippen LogP contribution in [0.15, 0.2) is 23.1 Å². The number of hydrogen-bond acceptors (Lipinski definition) is 4. The Hall–Kier alpha value is -1.53. The molecule has 2 aliphatic heterocycles. The molecule has 3 rings (SSSR count). The predicted octanol–water partition coefficient (Wildman–Crippen LogP) is 1.67. The van der Waals surface area contributed by atoms with Crippen LogP contribution in [-0.4, -0.2) is 30.7 Å². The summed E-state index contributed by atoms with van der Waals surface area (Å²) >= 11 is 1.52. The molecule has 0 saturated carbocycles. The molecule has 106 valence electrons. The lowest BCUT2D eigenvalue weighted by molar-refractivity contribution is -0.120. The van der Waals surface area contributed by atoms with Crippen LogP contribution < -0.4 is 16.0 Å². The lowest BCUT2D eigenvalue weighted by atomic mass is 9.97. The van der Waals surface area contributed by atoms with Gasteiger partial charge in [-0.3, -0.25) is 9.59 Å². The second-order valence-corrected chi connectivity index (χ2v) is 6.08. The van der Waals surface area contributed by atoms with E-state index in [1.807, 2.05) is 18.2 Å². The third-order valence-corrected chi connectivity index (χ3v) is 4.66. The van der Waals surface area contributed by atoms with Crippen LogP contribution >= 0.6 is 11.8 Å². The number of carbonyl (C=O) groups is 2. The quantitative estimate of drug-likeness (QED) is 0.775. The highest BCUT2D eigenvalue weighted by molar-refractivity contribution is 8.00. The maximum absolute atomic E-state index is 12.2. The number of carbonyl (C=O) groups excluding carboxylic acids is 2. The maximum atomic E-state index is 12.2. The fourth-order valence-electron chi connectivity index (χ4n) is 2.49. The third kappa shape index (κ3) is 2.96. The van der Waals surface area contributed by atoms with Gasteiger partial charge in [-0.25, -0.2) is 0 Å². The molecule has 1 saturated heterocycles. The highest BCUT2D eigenvalue weighted by atomic mass is 32.2. The van der Waals surface area contributed by atoms with E-state index in [0.29, 0.717) is 5.75 Å². The van der Waals surface area contributed by atoms with Crippen LogP contribution in [0.2, 0.25) is 0 Å². The van der Waals surface area contributed by atoms with Gasteiger partial charge in [0.1, 0.15) is 0 Å². The molecule has 0 radical (unpaired) electrons. The summed E-state index contributed by atoms with van der Waals surface area (Å²) in [6.45, 7) is 1.80. The van der Waals surface area contributed by atoms with Gasteiger partial charge in [0.2, 0.25) is 11.8 Å². The Morgan fingerprint density at radius 1 is 1.30 bits per heavy atom. The SMILES string of the molecule is O=C1CSc2ccc(NC(=O)C3CCNCC3)cc2N1. The van der Waals surface area contributed by atoms with Crippen molar-refractivity contribution in [1.82, 2.24) is 5.32 Å². The number of piperidine rings is 1. The number of rotatable bonds is 2. The molecule has 2 aliphatic rings. The summed E-state index contributed by atoms with van der Waals surface area (Å²) in [5, 5.41) is 9.03. The molecule has 5 nitrogen and oxygen atoms in total. The highest BCUT2D eigenvalue weighted by Gasteiger charge is 2.21. The van der Waals surface area contributed by atoms with E-state index < -0.39 is 0 Å². The van der Waals surface area contributed by atoms with Gasteiger partial charge in [-0.1, -0.05) is 0 Å². The first-order valence-electron chi connectivity index (χ1n) is 6.80. The molecule has 0 atom stereocenters. The average Bonchev–Trinajstić information content (AvgIpc) is 2.47. The molecule has 0 spiro atoms. The summed E-state index contributed by atoms with van der Waals surface area (Å²) in [5.74, 6) is 0.607. The zero-order chi connectivity index (χ0) is 13.9. The first-order chi connectivity index (χ1) is 9.72. The molecular weight excluding hydrogens is 274 g/mol. The predicted molar refractivity (Wildman–Crippen MR) is 80.0 cm³/mol. The second kappa shape index (κ2) is 5.85. The van der Waals surface area contributed by atoms with Crippen molar-refractivity contribution in [3.63, 3.8) is 0 Å². The monoisotopic (exact) mass is 291 g/mol. The van der Waals surface area contributed by atoms with Crippen molar-refractivity contribution in [3.8, 4) is 0 Å². The molecule has 0 aliphatic carbocycles. The van der Waals surface area contributed by atoms with Crippen LogP contribution in [0.4, 0.5) is 11.4 Å². The molecule has 6 heteroatoms. The first kappa shape index (κ1) is 13.5. The Balaban J connectivity index is 1.69. The zero-order valence-electron chi connectivity index (χ0n) is 11.1. The fraction of sp³-hybridized carbons (Fsp3) is 0.429. The Labute approximate surface area is 121 Å². The second-order valence-electron chi connectivity index (χ2n) is 5.06. The number of amides is 2. The molecular formula is C14H17N3O2S. The largest absolute Gasteiger partial charge is 0.326 e. The van der Waals surface area contributed by atoms with E-state index in [1.54, 1.807) is 0 Å². The topological polar surface area (TPSA) is 70.2 Å². The maximum Gasteiger partial charge on any atom is 0.234 e. The average molecular weight is 291 g/mol. The summed E-state index contributed by atoms with van der Waals surface area (Å²) < 4.78 is 0. The number of fused-ring (bicyclic) bond motifs is 1.